The quantitative estimate of drug-likeness (QED) is 0.468. The van der Waals surface area contributed by atoms with Crippen LogP contribution in [0.2, 0.25) is 0 Å². The largest absolute Gasteiger partial charge is 0.496 e. The molecule has 1 aliphatic carbocycles. The minimum absolute atomic E-state index is 0.0242. The summed E-state index contributed by atoms with van der Waals surface area (Å²) in [6.45, 7) is 2.85. The van der Waals surface area contributed by atoms with Crippen LogP contribution in [-0.2, 0) is 9.59 Å². The number of hydrogen-bond acceptors (Lipinski definition) is 5. The molecule has 1 aromatic heterocycles. The maximum absolute atomic E-state index is 13.7. The van der Waals surface area contributed by atoms with Crippen LogP contribution in [0, 0.1) is 17.8 Å². The number of rotatable bonds is 7. The molecule has 2 aliphatic heterocycles. The van der Waals surface area contributed by atoms with Crippen LogP contribution in [0.25, 0.3) is 10.9 Å². The lowest BCUT2D eigenvalue weighted by Gasteiger charge is -2.32. The monoisotopic (exact) mass is 496 g/mol. The standard InChI is InChI=1S/C27H36N4O5/c1-15(32)21(12-16-7-5-11-28-25(16)33)30-26(34)24-18-8-3-6-17(18)14-31(24)27(35)22-13-19-20(29-22)9-4-10-23(19)36-2/h4,9-10,13,15-18,21,24,29,32H,3,5-8,11-12,14H2,1-2H3,(H,28,33)(H,30,34). The number of carbonyl (C=O) groups is 3. The predicted octanol–water partition coefficient (Wildman–Crippen LogP) is 2.20. The second-order valence-corrected chi connectivity index (χ2v) is 10.6. The van der Waals surface area contributed by atoms with Gasteiger partial charge in [0.05, 0.1) is 19.3 Å². The SMILES string of the molecule is COc1cccc2[nH]c(C(=O)N3CC4CCCC4C3C(=O)NC(CC3CCCNC3=O)C(C)O)cc12. The molecule has 2 saturated heterocycles. The van der Waals surface area contributed by atoms with Crippen LogP contribution in [0.1, 0.15) is 55.9 Å². The molecule has 4 N–H and O–H groups in total. The number of hydrogen-bond donors (Lipinski definition) is 4. The van der Waals surface area contributed by atoms with E-state index in [2.05, 4.69) is 15.6 Å². The van der Waals surface area contributed by atoms with Gasteiger partial charge in [-0.15, -0.1) is 0 Å². The van der Waals surface area contributed by atoms with Crippen molar-refractivity contribution in [3.63, 3.8) is 0 Å². The molecular weight excluding hydrogens is 460 g/mol. The van der Waals surface area contributed by atoms with E-state index in [-0.39, 0.29) is 35.5 Å². The Balaban J connectivity index is 1.37. The number of nitrogens with zero attached hydrogens (tertiary/aromatic N) is 1. The van der Waals surface area contributed by atoms with Crippen molar-refractivity contribution in [1.29, 1.82) is 0 Å². The molecule has 3 fully saturated rings. The van der Waals surface area contributed by atoms with Crippen molar-refractivity contribution in [3.05, 3.63) is 30.0 Å². The van der Waals surface area contributed by atoms with Crippen molar-refractivity contribution in [1.82, 2.24) is 20.5 Å². The molecular formula is C27H36N4O5. The number of likely N-dealkylation sites (tertiary alicyclic amines) is 1. The van der Waals surface area contributed by atoms with Crippen molar-refractivity contribution < 1.29 is 24.2 Å². The molecule has 0 radical (unpaired) electrons. The van der Waals surface area contributed by atoms with Crippen LogP contribution in [0.3, 0.4) is 0 Å². The predicted molar refractivity (Wildman–Crippen MR) is 134 cm³/mol. The van der Waals surface area contributed by atoms with Gasteiger partial charge >= 0.3 is 0 Å². The molecule has 6 unspecified atom stereocenters. The molecule has 1 aromatic carbocycles. The molecule has 3 amide bonds. The van der Waals surface area contributed by atoms with Crippen molar-refractivity contribution in [2.45, 2.75) is 63.6 Å². The van der Waals surface area contributed by atoms with Gasteiger partial charge in [0.25, 0.3) is 5.91 Å². The van der Waals surface area contributed by atoms with E-state index in [1.165, 1.54) is 0 Å². The van der Waals surface area contributed by atoms with Gasteiger partial charge in [0.15, 0.2) is 0 Å². The van der Waals surface area contributed by atoms with E-state index in [0.717, 1.165) is 43.0 Å². The summed E-state index contributed by atoms with van der Waals surface area (Å²) >= 11 is 0. The van der Waals surface area contributed by atoms with Gasteiger partial charge in [-0.05, 0) is 69.1 Å². The third-order valence-corrected chi connectivity index (χ3v) is 8.34. The van der Waals surface area contributed by atoms with Gasteiger partial charge in [0.1, 0.15) is 17.5 Å². The van der Waals surface area contributed by atoms with Gasteiger partial charge in [0.2, 0.25) is 11.8 Å². The number of fused-ring (bicyclic) bond motifs is 2. The Labute approximate surface area is 210 Å². The zero-order valence-electron chi connectivity index (χ0n) is 21.0. The first-order valence-corrected chi connectivity index (χ1v) is 13.1. The summed E-state index contributed by atoms with van der Waals surface area (Å²) in [5.74, 6) is 0.362. The van der Waals surface area contributed by atoms with Crippen LogP contribution >= 0.6 is 0 Å². The van der Waals surface area contributed by atoms with Gasteiger partial charge in [-0.1, -0.05) is 12.5 Å². The topological polar surface area (TPSA) is 124 Å². The maximum atomic E-state index is 13.7. The highest BCUT2D eigenvalue weighted by atomic mass is 16.5. The van der Waals surface area contributed by atoms with Crippen LogP contribution in [-0.4, -0.2) is 71.1 Å². The first-order chi connectivity index (χ1) is 17.4. The minimum atomic E-state index is -0.810. The Morgan fingerprint density at radius 3 is 2.83 bits per heavy atom. The number of benzene rings is 1. The van der Waals surface area contributed by atoms with E-state index >= 15 is 0 Å². The van der Waals surface area contributed by atoms with E-state index in [9.17, 15) is 19.5 Å². The van der Waals surface area contributed by atoms with E-state index in [4.69, 9.17) is 4.74 Å². The van der Waals surface area contributed by atoms with Gasteiger partial charge in [-0.2, -0.15) is 0 Å². The van der Waals surface area contributed by atoms with Crippen LogP contribution in [0.4, 0.5) is 0 Å². The molecule has 0 spiro atoms. The Morgan fingerprint density at radius 1 is 1.25 bits per heavy atom. The molecule has 2 aromatic rings. The molecule has 9 heteroatoms. The third-order valence-electron chi connectivity index (χ3n) is 8.34. The molecule has 3 aliphatic rings. The lowest BCUT2D eigenvalue weighted by Crippen LogP contribution is -2.54. The second kappa shape index (κ2) is 10.1. The molecule has 5 rings (SSSR count). The highest BCUT2D eigenvalue weighted by molar-refractivity contribution is 6.02. The van der Waals surface area contributed by atoms with E-state index < -0.39 is 18.2 Å². The van der Waals surface area contributed by atoms with Crippen molar-refractivity contribution in [2.75, 3.05) is 20.2 Å². The number of aliphatic hydroxyl groups excluding tert-OH is 1. The molecule has 0 bridgehead atoms. The minimum Gasteiger partial charge on any atom is -0.496 e. The van der Waals surface area contributed by atoms with E-state index in [0.29, 0.717) is 31.0 Å². The fraction of sp³-hybridized carbons (Fsp3) is 0.593. The summed E-state index contributed by atoms with van der Waals surface area (Å²) in [5.41, 5.74) is 1.23. The van der Waals surface area contributed by atoms with Crippen LogP contribution in [0.15, 0.2) is 24.3 Å². The van der Waals surface area contributed by atoms with Crippen LogP contribution in [0.5, 0.6) is 5.75 Å². The van der Waals surface area contributed by atoms with Gasteiger partial charge in [0, 0.05) is 29.9 Å². The Hall–Kier alpha value is -3.07. The summed E-state index contributed by atoms with van der Waals surface area (Å²) in [7, 11) is 1.60. The first-order valence-electron chi connectivity index (χ1n) is 13.1. The Kier molecular flexibility index (Phi) is 6.92. The van der Waals surface area contributed by atoms with Crippen molar-refractivity contribution in [3.8, 4) is 5.75 Å². The van der Waals surface area contributed by atoms with Gasteiger partial charge in [-0.25, -0.2) is 0 Å². The lowest BCUT2D eigenvalue weighted by atomic mass is 9.89. The number of amides is 3. The number of piperidine rings is 1. The number of H-pyrrole nitrogens is 1. The molecule has 1 saturated carbocycles. The lowest BCUT2D eigenvalue weighted by molar-refractivity contribution is -0.130. The summed E-state index contributed by atoms with van der Waals surface area (Å²) < 4.78 is 5.44. The Bertz CT molecular complexity index is 1140. The summed E-state index contributed by atoms with van der Waals surface area (Å²) in [6.07, 6.45) is 4.15. The average molecular weight is 497 g/mol. The van der Waals surface area contributed by atoms with Crippen molar-refractivity contribution in [2.24, 2.45) is 17.8 Å². The number of ether oxygens (including phenoxy) is 1. The van der Waals surface area contributed by atoms with Gasteiger partial charge < -0.3 is 30.4 Å². The molecule has 36 heavy (non-hydrogen) atoms. The molecule has 3 heterocycles. The number of methoxy groups -OCH3 is 1. The zero-order chi connectivity index (χ0) is 25.4. The second-order valence-electron chi connectivity index (χ2n) is 10.6. The van der Waals surface area contributed by atoms with E-state index in [1.807, 2.05) is 18.2 Å². The smallest absolute Gasteiger partial charge is 0.271 e. The average Bonchev–Trinajstić information content (AvgIpc) is 3.58. The highest BCUT2D eigenvalue weighted by Crippen LogP contribution is 2.43. The van der Waals surface area contributed by atoms with Crippen LogP contribution < -0.4 is 15.4 Å². The van der Waals surface area contributed by atoms with Gasteiger partial charge in [-0.3, -0.25) is 14.4 Å². The summed E-state index contributed by atoms with van der Waals surface area (Å²) in [4.78, 5) is 44.6. The fourth-order valence-electron chi connectivity index (χ4n) is 6.44. The molecule has 6 atom stereocenters. The number of aliphatic hydroxyl groups is 1. The fourth-order valence-corrected chi connectivity index (χ4v) is 6.44. The maximum Gasteiger partial charge on any atom is 0.271 e. The number of carbonyl (C=O) groups excluding carboxylic acids is 3. The molecule has 9 nitrogen and oxygen atoms in total. The van der Waals surface area contributed by atoms with Crippen molar-refractivity contribution >= 4 is 28.6 Å². The summed E-state index contributed by atoms with van der Waals surface area (Å²) in [5, 5.41) is 17.2. The first kappa shape index (κ1) is 24.6. The third kappa shape index (κ3) is 4.56. The summed E-state index contributed by atoms with van der Waals surface area (Å²) in [6, 6.07) is 6.25. The Morgan fingerprint density at radius 2 is 2.08 bits per heavy atom. The number of nitrogens with one attached hydrogen (secondary N) is 3. The normalized spacial score (nSPS) is 27.4. The number of aromatic amines is 1. The van der Waals surface area contributed by atoms with E-state index in [1.54, 1.807) is 25.0 Å². The number of aromatic nitrogens is 1. The molecule has 194 valence electrons. The zero-order valence-corrected chi connectivity index (χ0v) is 21.0. The highest BCUT2D eigenvalue weighted by Gasteiger charge is 2.50.